The van der Waals surface area contributed by atoms with E-state index in [4.69, 9.17) is 5.73 Å². The number of nitrogens with two attached hydrogens (primary N) is 1. The number of nitrogen functional groups attached to an aromatic ring is 1. The molecular weight excluding hydrogens is 274 g/mol. The van der Waals surface area contributed by atoms with E-state index in [1.807, 2.05) is 0 Å². The Morgan fingerprint density at radius 1 is 1.19 bits per heavy atom. The van der Waals surface area contributed by atoms with Crippen LogP contribution in [0.5, 0.6) is 0 Å². The summed E-state index contributed by atoms with van der Waals surface area (Å²) in [6, 6.07) is 9.39. The number of hydrogen-bond acceptors (Lipinski definition) is 2. The molecule has 1 amide bonds. The molecule has 2 rings (SSSR count). The molecular formula is C16H16F2N2O. The zero-order valence-corrected chi connectivity index (χ0v) is 11.8. The third kappa shape index (κ3) is 3.02. The summed E-state index contributed by atoms with van der Waals surface area (Å²) in [7, 11) is 1.56. The number of nitrogens with zero attached hydrogens (tertiary/aromatic N) is 1. The van der Waals surface area contributed by atoms with Gasteiger partial charge >= 0.3 is 0 Å². The normalized spacial score (nSPS) is 12.0. The van der Waals surface area contributed by atoms with Gasteiger partial charge in [0.1, 0.15) is 11.6 Å². The lowest BCUT2D eigenvalue weighted by Crippen LogP contribution is -2.30. The van der Waals surface area contributed by atoms with Crippen LogP contribution < -0.4 is 5.73 Å². The number of carbonyl (C=O) groups is 1. The van der Waals surface area contributed by atoms with Crippen LogP contribution in [0.3, 0.4) is 0 Å². The van der Waals surface area contributed by atoms with E-state index in [1.165, 1.54) is 23.1 Å². The van der Waals surface area contributed by atoms with Crippen molar-refractivity contribution < 1.29 is 13.6 Å². The molecule has 5 heteroatoms. The molecule has 3 nitrogen and oxygen atoms in total. The Balaban J connectivity index is 2.29. The number of benzene rings is 2. The lowest BCUT2D eigenvalue weighted by atomic mass is 10.0. The maximum absolute atomic E-state index is 13.8. The van der Waals surface area contributed by atoms with E-state index in [-0.39, 0.29) is 23.0 Å². The highest BCUT2D eigenvalue weighted by Crippen LogP contribution is 2.24. The van der Waals surface area contributed by atoms with Gasteiger partial charge in [0.15, 0.2) is 0 Å². The van der Waals surface area contributed by atoms with Crippen LogP contribution in [0.1, 0.15) is 28.9 Å². The third-order valence-electron chi connectivity index (χ3n) is 3.50. The molecule has 2 aromatic rings. The van der Waals surface area contributed by atoms with Crippen LogP contribution in [-0.4, -0.2) is 17.9 Å². The summed E-state index contributed by atoms with van der Waals surface area (Å²) in [6.45, 7) is 1.72. The number of rotatable bonds is 3. The summed E-state index contributed by atoms with van der Waals surface area (Å²) >= 11 is 0. The second-order valence-corrected chi connectivity index (χ2v) is 4.85. The lowest BCUT2D eigenvalue weighted by Gasteiger charge is -2.26. The van der Waals surface area contributed by atoms with Crippen molar-refractivity contribution in [3.63, 3.8) is 0 Å². The SMILES string of the molecule is CC(c1ccccc1F)N(C)C(=O)c1ccc(F)cc1N. The molecule has 21 heavy (non-hydrogen) atoms. The molecule has 0 bridgehead atoms. The lowest BCUT2D eigenvalue weighted by molar-refractivity contribution is 0.0741. The number of hydrogen-bond donors (Lipinski definition) is 1. The Kier molecular flexibility index (Phi) is 4.21. The van der Waals surface area contributed by atoms with E-state index in [0.717, 1.165) is 6.07 Å². The molecule has 0 aliphatic carbocycles. The van der Waals surface area contributed by atoms with Crippen molar-refractivity contribution in [2.45, 2.75) is 13.0 Å². The van der Waals surface area contributed by atoms with Crippen LogP contribution in [0.2, 0.25) is 0 Å². The minimum absolute atomic E-state index is 0.0626. The zero-order valence-electron chi connectivity index (χ0n) is 11.8. The summed E-state index contributed by atoms with van der Waals surface area (Å²) in [5, 5.41) is 0. The van der Waals surface area contributed by atoms with Gasteiger partial charge in [0, 0.05) is 18.3 Å². The average molecular weight is 290 g/mol. The van der Waals surface area contributed by atoms with Crippen molar-refractivity contribution in [3.05, 3.63) is 65.2 Å². The van der Waals surface area contributed by atoms with E-state index in [9.17, 15) is 13.6 Å². The molecule has 1 unspecified atom stereocenters. The zero-order chi connectivity index (χ0) is 15.6. The van der Waals surface area contributed by atoms with E-state index >= 15 is 0 Å². The number of halogens is 2. The summed E-state index contributed by atoms with van der Waals surface area (Å²) in [4.78, 5) is 13.8. The summed E-state index contributed by atoms with van der Waals surface area (Å²) in [6.07, 6.45) is 0. The second-order valence-electron chi connectivity index (χ2n) is 4.85. The number of anilines is 1. The molecule has 0 aliphatic heterocycles. The van der Waals surface area contributed by atoms with E-state index < -0.39 is 11.9 Å². The van der Waals surface area contributed by atoms with Crippen LogP contribution in [0.4, 0.5) is 14.5 Å². The first-order valence-electron chi connectivity index (χ1n) is 6.48. The van der Waals surface area contributed by atoms with E-state index in [2.05, 4.69) is 0 Å². The maximum atomic E-state index is 13.8. The molecule has 0 saturated heterocycles. The summed E-state index contributed by atoms with van der Waals surface area (Å²) in [5.41, 5.74) is 6.34. The van der Waals surface area contributed by atoms with Gasteiger partial charge in [-0.05, 0) is 31.2 Å². The average Bonchev–Trinajstić information content (AvgIpc) is 2.45. The molecule has 0 saturated carbocycles. The van der Waals surface area contributed by atoms with Gasteiger partial charge in [-0.15, -0.1) is 0 Å². The van der Waals surface area contributed by atoms with Gasteiger partial charge in [0.25, 0.3) is 5.91 Å². The Labute approximate surface area is 122 Å². The van der Waals surface area contributed by atoms with Gasteiger partial charge in [0.2, 0.25) is 0 Å². The Bertz CT molecular complexity index is 673. The predicted molar refractivity (Wildman–Crippen MR) is 77.7 cm³/mol. The van der Waals surface area contributed by atoms with Crippen LogP contribution in [0.15, 0.2) is 42.5 Å². The van der Waals surface area contributed by atoms with Crippen molar-refractivity contribution >= 4 is 11.6 Å². The molecule has 0 spiro atoms. The molecule has 0 aromatic heterocycles. The monoisotopic (exact) mass is 290 g/mol. The van der Waals surface area contributed by atoms with Crippen molar-refractivity contribution in [1.29, 1.82) is 0 Å². The Hall–Kier alpha value is -2.43. The van der Waals surface area contributed by atoms with Gasteiger partial charge in [-0.25, -0.2) is 8.78 Å². The number of amides is 1. The van der Waals surface area contributed by atoms with Gasteiger partial charge in [-0.3, -0.25) is 4.79 Å². The van der Waals surface area contributed by atoms with Crippen molar-refractivity contribution in [2.24, 2.45) is 0 Å². The molecule has 0 radical (unpaired) electrons. The quantitative estimate of drug-likeness (QED) is 0.881. The fourth-order valence-electron chi connectivity index (χ4n) is 2.12. The third-order valence-corrected chi connectivity index (χ3v) is 3.50. The minimum Gasteiger partial charge on any atom is -0.398 e. The molecule has 2 aromatic carbocycles. The van der Waals surface area contributed by atoms with Crippen molar-refractivity contribution in [3.8, 4) is 0 Å². The van der Waals surface area contributed by atoms with Gasteiger partial charge < -0.3 is 10.6 Å². The summed E-state index contributed by atoms with van der Waals surface area (Å²) < 4.78 is 26.8. The first-order valence-corrected chi connectivity index (χ1v) is 6.48. The second kappa shape index (κ2) is 5.91. The van der Waals surface area contributed by atoms with E-state index in [1.54, 1.807) is 32.2 Å². The van der Waals surface area contributed by atoms with Gasteiger partial charge in [0.05, 0.1) is 11.6 Å². The minimum atomic E-state index is -0.506. The number of carbonyl (C=O) groups excluding carboxylic acids is 1. The first kappa shape index (κ1) is 15.0. The van der Waals surface area contributed by atoms with Crippen LogP contribution in [0, 0.1) is 11.6 Å². The molecule has 2 N–H and O–H groups in total. The topological polar surface area (TPSA) is 46.3 Å². The molecule has 0 heterocycles. The maximum Gasteiger partial charge on any atom is 0.256 e. The fraction of sp³-hybridized carbons (Fsp3) is 0.188. The molecule has 0 fully saturated rings. The molecule has 110 valence electrons. The fourth-order valence-corrected chi connectivity index (χ4v) is 2.12. The largest absolute Gasteiger partial charge is 0.398 e. The van der Waals surface area contributed by atoms with Gasteiger partial charge in [-0.2, -0.15) is 0 Å². The van der Waals surface area contributed by atoms with E-state index in [0.29, 0.717) is 5.56 Å². The highest BCUT2D eigenvalue weighted by Gasteiger charge is 2.22. The van der Waals surface area contributed by atoms with Crippen LogP contribution >= 0.6 is 0 Å². The van der Waals surface area contributed by atoms with Crippen LogP contribution in [0.25, 0.3) is 0 Å². The highest BCUT2D eigenvalue weighted by atomic mass is 19.1. The van der Waals surface area contributed by atoms with Crippen molar-refractivity contribution in [1.82, 2.24) is 4.90 Å². The highest BCUT2D eigenvalue weighted by molar-refractivity contribution is 5.99. The van der Waals surface area contributed by atoms with Crippen molar-refractivity contribution in [2.75, 3.05) is 12.8 Å². The predicted octanol–water partition coefficient (Wildman–Crippen LogP) is 3.38. The van der Waals surface area contributed by atoms with Gasteiger partial charge in [-0.1, -0.05) is 18.2 Å². The smallest absolute Gasteiger partial charge is 0.256 e. The standard InChI is InChI=1S/C16H16F2N2O/c1-10(12-5-3-4-6-14(12)18)20(2)16(21)13-8-7-11(17)9-15(13)19/h3-10H,19H2,1-2H3. The van der Waals surface area contributed by atoms with Crippen LogP contribution in [-0.2, 0) is 0 Å². The first-order chi connectivity index (χ1) is 9.91. The Morgan fingerprint density at radius 2 is 1.86 bits per heavy atom. The molecule has 1 atom stereocenters. The summed E-state index contributed by atoms with van der Waals surface area (Å²) in [5.74, 6) is -1.27. The Morgan fingerprint density at radius 3 is 2.48 bits per heavy atom. The molecule has 0 aliphatic rings.